The van der Waals surface area contributed by atoms with Crippen LogP contribution in [0.4, 0.5) is 8.78 Å². The minimum atomic E-state index is -1.04. The second-order valence-corrected chi connectivity index (χ2v) is 10.5. The van der Waals surface area contributed by atoms with Crippen molar-refractivity contribution in [2.75, 3.05) is 26.4 Å². The van der Waals surface area contributed by atoms with Crippen molar-refractivity contribution in [2.24, 2.45) is 10.9 Å². The summed E-state index contributed by atoms with van der Waals surface area (Å²) in [5, 5.41) is 15.0. The third kappa shape index (κ3) is 5.47. The maximum absolute atomic E-state index is 14.3. The Kier molecular flexibility index (Phi) is 7.82. The van der Waals surface area contributed by atoms with Crippen LogP contribution in [0.3, 0.4) is 0 Å². The number of nitrogens with zero attached hydrogens (tertiary/aromatic N) is 3. The van der Waals surface area contributed by atoms with Gasteiger partial charge in [-0.2, -0.15) is 0 Å². The van der Waals surface area contributed by atoms with Crippen LogP contribution in [-0.4, -0.2) is 71.2 Å². The first kappa shape index (κ1) is 26.4. The number of thiazole rings is 1. The number of morpholine rings is 1. The van der Waals surface area contributed by atoms with Crippen LogP contribution in [0.2, 0.25) is 0 Å². The van der Waals surface area contributed by atoms with Crippen molar-refractivity contribution in [3.63, 3.8) is 0 Å². The number of nitrogens with one attached hydrogen (secondary N) is 1. The standard InChI is InChI=1S/C26H28F2N4O5S/c1-2-37-26(35)22-20(11-32-16-7-14(9-21(33)34)8-17(32)13-36-12-16)30-24(25-29-5-6-38-25)31-23(22)15-3-4-18(27)19(28)10-15/h3-6,10,14,16-17,23H,2,7-9,11-13H2,1H3,(H,30,31)(H,33,34). The summed E-state index contributed by atoms with van der Waals surface area (Å²) in [6.45, 7) is 3.05. The number of ether oxygens (including phenoxy) is 2. The summed E-state index contributed by atoms with van der Waals surface area (Å²) in [5.41, 5.74) is 1.06. The summed E-state index contributed by atoms with van der Waals surface area (Å²) in [6.07, 6.45) is 3.06. The molecule has 4 heterocycles. The predicted molar refractivity (Wildman–Crippen MR) is 135 cm³/mol. The van der Waals surface area contributed by atoms with Gasteiger partial charge in [-0.1, -0.05) is 6.07 Å². The van der Waals surface area contributed by atoms with Crippen LogP contribution in [0.25, 0.3) is 0 Å². The van der Waals surface area contributed by atoms with Crippen molar-refractivity contribution >= 4 is 29.1 Å². The first-order valence-electron chi connectivity index (χ1n) is 12.5. The summed E-state index contributed by atoms with van der Waals surface area (Å²) in [7, 11) is 0. The number of aliphatic imine (C=N–C) groups is 1. The highest BCUT2D eigenvalue weighted by molar-refractivity contribution is 7.11. The molecule has 0 aliphatic carbocycles. The van der Waals surface area contributed by atoms with Crippen LogP contribution in [0.15, 0.2) is 46.0 Å². The van der Waals surface area contributed by atoms with Crippen LogP contribution in [0, 0.1) is 17.6 Å². The predicted octanol–water partition coefficient (Wildman–Crippen LogP) is 3.28. The Labute approximate surface area is 222 Å². The quantitative estimate of drug-likeness (QED) is 0.485. The summed E-state index contributed by atoms with van der Waals surface area (Å²) < 4.78 is 39.3. The zero-order valence-electron chi connectivity index (χ0n) is 20.7. The highest BCUT2D eigenvalue weighted by atomic mass is 32.1. The molecule has 2 N–H and O–H groups in total. The van der Waals surface area contributed by atoms with Gasteiger partial charge in [0, 0.05) is 42.3 Å². The molecule has 38 heavy (non-hydrogen) atoms. The van der Waals surface area contributed by atoms with Crippen LogP contribution in [0.1, 0.15) is 42.8 Å². The molecule has 9 nitrogen and oxygen atoms in total. The number of rotatable bonds is 8. The van der Waals surface area contributed by atoms with Crippen LogP contribution < -0.4 is 5.32 Å². The molecule has 2 saturated heterocycles. The van der Waals surface area contributed by atoms with E-state index in [1.807, 2.05) is 0 Å². The Morgan fingerprint density at radius 3 is 2.63 bits per heavy atom. The molecule has 1 aromatic heterocycles. The van der Waals surface area contributed by atoms with E-state index in [0.717, 1.165) is 12.1 Å². The number of carboxylic acid groups (broad SMARTS) is 1. The number of aliphatic carboxylic acids is 1. The first-order chi connectivity index (χ1) is 18.3. The molecule has 0 radical (unpaired) electrons. The molecule has 5 rings (SSSR count). The average Bonchev–Trinajstić information content (AvgIpc) is 3.41. The minimum absolute atomic E-state index is 0.0338. The van der Waals surface area contributed by atoms with E-state index in [9.17, 15) is 23.5 Å². The lowest BCUT2D eigenvalue weighted by atomic mass is 9.82. The smallest absolute Gasteiger partial charge is 0.338 e. The van der Waals surface area contributed by atoms with Gasteiger partial charge in [0.15, 0.2) is 22.5 Å². The fourth-order valence-corrected chi connectivity index (χ4v) is 6.09. The topological polar surface area (TPSA) is 113 Å². The SMILES string of the molecule is CCOC(=O)C1=C(CN2C3COCC2CC(CC(=O)O)C3)NC(c2nccs2)=NC1c1ccc(F)c(F)c1. The molecular formula is C26H28F2N4O5S. The Morgan fingerprint density at radius 2 is 2.00 bits per heavy atom. The van der Waals surface area contributed by atoms with E-state index in [1.165, 1.54) is 17.4 Å². The molecule has 0 spiro atoms. The van der Waals surface area contributed by atoms with Crippen molar-refractivity contribution in [2.45, 2.75) is 44.3 Å². The van der Waals surface area contributed by atoms with Crippen molar-refractivity contribution in [3.05, 3.63) is 63.3 Å². The second kappa shape index (κ2) is 11.3. The molecule has 12 heteroatoms. The first-order valence-corrected chi connectivity index (χ1v) is 13.4. The number of carbonyl (C=O) groups is 2. The van der Waals surface area contributed by atoms with Crippen molar-refractivity contribution in [1.29, 1.82) is 0 Å². The zero-order valence-corrected chi connectivity index (χ0v) is 21.5. The van der Waals surface area contributed by atoms with Crippen molar-refractivity contribution in [3.8, 4) is 0 Å². The van der Waals surface area contributed by atoms with E-state index in [1.54, 1.807) is 18.5 Å². The van der Waals surface area contributed by atoms with Gasteiger partial charge in [-0.3, -0.25) is 14.7 Å². The van der Waals surface area contributed by atoms with Gasteiger partial charge in [0.2, 0.25) is 0 Å². The number of esters is 1. The number of benzene rings is 1. The number of halogens is 2. The van der Waals surface area contributed by atoms with Crippen LogP contribution >= 0.6 is 11.3 Å². The maximum atomic E-state index is 14.3. The van der Waals surface area contributed by atoms with E-state index < -0.39 is 29.6 Å². The van der Waals surface area contributed by atoms with E-state index in [-0.39, 0.29) is 36.6 Å². The molecule has 0 saturated carbocycles. The molecule has 2 aromatic rings. The molecule has 202 valence electrons. The van der Waals surface area contributed by atoms with Gasteiger partial charge in [0.1, 0.15) is 6.04 Å². The Morgan fingerprint density at radius 1 is 1.24 bits per heavy atom. The average molecular weight is 547 g/mol. The molecule has 3 aliphatic rings. The molecular weight excluding hydrogens is 518 g/mol. The van der Waals surface area contributed by atoms with Gasteiger partial charge in [0.05, 0.1) is 25.4 Å². The highest BCUT2D eigenvalue weighted by Crippen LogP contribution is 2.37. The molecule has 3 aliphatic heterocycles. The van der Waals surface area contributed by atoms with Gasteiger partial charge in [0.25, 0.3) is 0 Å². The third-order valence-electron chi connectivity index (χ3n) is 7.09. The van der Waals surface area contributed by atoms with Crippen LogP contribution in [0.5, 0.6) is 0 Å². The lowest BCUT2D eigenvalue weighted by molar-refractivity contribution is -0.141. The molecule has 2 bridgehead atoms. The Balaban J connectivity index is 1.55. The number of amidine groups is 1. The lowest BCUT2D eigenvalue weighted by Gasteiger charge is -2.49. The summed E-state index contributed by atoms with van der Waals surface area (Å²) in [4.78, 5) is 36.0. The van der Waals surface area contributed by atoms with Gasteiger partial charge >= 0.3 is 11.9 Å². The molecule has 3 atom stereocenters. The molecule has 3 unspecified atom stereocenters. The van der Waals surface area contributed by atoms with Crippen LogP contribution in [-0.2, 0) is 19.1 Å². The number of carboxylic acids is 1. The number of aromatic nitrogens is 1. The Hall–Kier alpha value is -3.22. The minimum Gasteiger partial charge on any atom is -0.481 e. The lowest BCUT2D eigenvalue weighted by Crippen LogP contribution is -2.58. The van der Waals surface area contributed by atoms with E-state index >= 15 is 0 Å². The number of hydrogen-bond acceptors (Lipinski definition) is 9. The summed E-state index contributed by atoms with van der Waals surface area (Å²) in [6, 6.07) is 2.46. The number of fused-ring (bicyclic) bond motifs is 2. The van der Waals surface area contributed by atoms with Gasteiger partial charge in [-0.05, 0) is 43.4 Å². The fourth-order valence-electron chi connectivity index (χ4n) is 5.50. The number of carbonyl (C=O) groups excluding carboxylic acids is 1. The maximum Gasteiger partial charge on any atom is 0.338 e. The second-order valence-electron chi connectivity index (χ2n) is 9.58. The van der Waals surface area contributed by atoms with Gasteiger partial charge < -0.3 is 19.9 Å². The molecule has 2 fully saturated rings. The normalized spacial score (nSPS) is 25.5. The number of piperidine rings is 1. The van der Waals surface area contributed by atoms with E-state index in [2.05, 4.69) is 15.2 Å². The fraction of sp³-hybridized carbons (Fsp3) is 0.462. The molecule has 1 aromatic carbocycles. The summed E-state index contributed by atoms with van der Waals surface area (Å²) in [5.74, 6) is -2.99. The third-order valence-corrected chi connectivity index (χ3v) is 7.87. The zero-order chi connectivity index (χ0) is 26.8. The Bertz CT molecular complexity index is 1250. The van der Waals surface area contributed by atoms with Crippen molar-refractivity contribution < 1.29 is 33.0 Å². The molecule has 0 amide bonds. The highest BCUT2D eigenvalue weighted by Gasteiger charge is 2.42. The largest absolute Gasteiger partial charge is 0.481 e. The van der Waals surface area contributed by atoms with Gasteiger partial charge in [-0.25, -0.2) is 18.6 Å². The van der Waals surface area contributed by atoms with Gasteiger partial charge in [-0.15, -0.1) is 11.3 Å². The van der Waals surface area contributed by atoms with Crippen molar-refractivity contribution in [1.82, 2.24) is 15.2 Å². The van der Waals surface area contributed by atoms with E-state index in [0.29, 0.717) is 54.7 Å². The number of hydrogen-bond donors (Lipinski definition) is 2. The van der Waals surface area contributed by atoms with E-state index in [4.69, 9.17) is 14.5 Å². The summed E-state index contributed by atoms with van der Waals surface area (Å²) >= 11 is 1.36. The monoisotopic (exact) mass is 546 g/mol.